The van der Waals surface area contributed by atoms with E-state index in [2.05, 4.69) is 20.6 Å². The molecule has 0 atom stereocenters. The number of amides is 1. The molecule has 0 saturated heterocycles. The molecule has 1 aromatic carbocycles. The van der Waals surface area contributed by atoms with E-state index < -0.39 is 0 Å². The number of aromatic nitrogens is 2. The Bertz CT molecular complexity index is 859. The Morgan fingerprint density at radius 3 is 2.72 bits per heavy atom. The van der Waals surface area contributed by atoms with E-state index in [1.807, 2.05) is 19.1 Å². The number of aryl methyl sites for hydroxylation is 1. The maximum absolute atomic E-state index is 12.4. The molecule has 2 heterocycles. The van der Waals surface area contributed by atoms with E-state index >= 15 is 0 Å². The van der Waals surface area contributed by atoms with Crippen molar-refractivity contribution in [3.63, 3.8) is 0 Å². The number of pyridine rings is 1. The van der Waals surface area contributed by atoms with Gasteiger partial charge in [-0.3, -0.25) is 4.79 Å². The molecule has 7 heteroatoms. The van der Waals surface area contributed by atoms with Crippen molar-refractivity contribution in [1.29, 1.82) is 0 Å². The summed E-state index contributed by atoms with van der Waals surface area (Å²) < 4.78 is 10.4. The molecule has 0 radical (unpaired) electrons. The minimum atomic E-state index is -0.220. The largest absolute Gasteiger partial charge is 0.481 e. The average Bonchev–Trinajstić information content (AvgIpc) is 3.06. The average molecular weight is 338 g/mol. The highest BCUT2D eigenvalue weighted by atomic mass is 16.5. The molecular formula is C18H18N4O3. The number of anilines is 2. The number of rotatable bonds is 6. The first-order valence-corrected chi connectivity index (χ1v) is 7.70. The molecule has 0 unspecified atom stereocenters. The van der Waals surface area contributed by atoms with Gasteiger partial charge in [-0.05, 0) is 31.2 Å². The maximum Gasteiger partial charge on any atom is 0.255 e. The van der Waals surface area contributed by atoms with Gasteiger partial charge in [0.15, 0.2) is 0 Å². The Kier molecular flexibility index (Phi) is 4.94. The zero-order valence-electron chi connectivity index (χ0n) is 13.9. The van der Waals surface area contributed by atoms with Crippen LogP contribution in [0.4, 0.5) is 11.4 Å². The summed E-state index contributed by atoms with van der Waals surface area (Å²) in [5.41, 5.74) is 1.93. The van der Waals surface area contributed by atoms with Crippen molar-refractivity contribution in [1.82, 2.24) is 9.97 Å². The van der Waals surface area contributed by atoms with E-state index in [9.17, 15) is 4.79 Å². The minimum Gasteiger partial charge on any atom is -0.481 e. The molecule has 7 nitrogen and oxygen atoms in total. The van der Waals surface area contributed by atoms with Crippen molar-refractivity contribution in [2.24, 2.45) is 0 Å². The third-order valence-electron chi connectivity index (χ3n) is 3.44. The van der Waals surface area contributed by atoms with E-state index in [0.717, 1.165) is 11.4 Å². The van der Waals surface area contributed by atoms with Gasteiger partial charge in [-0.15, -0.1) is 0 Å². The number of carbonyl (C=O) groups excluding carboxylic acids is 1. The number of carbonyl (C=O) groups is 1. The second kappa shape index (κ2) is 7.48. The van der Waals surface area contributed by atoms with Crippen LogP contribution in [-0.4, -0.2) is 23.0 Å². The normalized spacial score (nSPS) is 10.3. The van der Waals surface area contributed by atoms with Gasteiger partial charge in [0.25, 0.3) is 5.91 Å². The van der Waals surface area contributed by atoms with Crippen LogP contribution >= 0.6 is 0 Å². The first-order chi connectivity index (χ1) is 12.1. The Morgan fingerprint density at radius 2 is 2.04 bits per heavy atom. The number of oxazole rings is 1. The summed E-state index contributed by atoms with van der Waals surface area (Å²) >= 11 is 0. The number of ether oxygens (including phenoxy) is 1. The van der Waals surface area contributed by atoms with Crippen LogP contribution in [0.5, 0.6) is 5.88 Å². The van der Waals surface area contributed by atoms with Crippen LogP contribution < -0.4 is 15.4 Å². The smallest absolute Gasteiger partial charge is 0.255 e. The predicted molar refractivity (Wildman–Crippen MR) is 93.8 cm³/mol. The molecule has 0 fully saturated rings. The lowest BCUT2D eigenvalue weighted by Crippen LogP contribution is -2.12. The summed E-state index contributed by atoms with van der Waals surface area (Å²) in [4.78, 5) is 20.6. The number of benzene rings is 1. The number of nitrogens with one attached hydrogen (secondary N) is 2. The van der Waals surface area contributed by atoms with Gasteiger partial charge >= 0.3 is 0 Å². The summed E-state index contributed by atoms with van der Waals surface area (Å²) in [5, 5.41) is 5.98. The van der Waals surface area contributed by atoms with Gasteiger partial charge in [0, 0.05) is 17.3 Å². The molecule has 3 rings (SSSR count). The molecule has 0 aliphatic heterocycles. The molecule has 1 amide bonds. The Labute approximate surface area is 145 Å². The van der Waals surface area contributed by atoms with Crippen LogP contribution in [0.2, 0.25) is 0 Å². The number of hydrogen-bond donors (Lipinski definition) is 2. The summed E-state index contributed by atoms with van der Waals surface area (Å²) in [6.07, 6.45) is 3.22. The highest BCUT2D eigenvalue weighted by molar-refractivity contribution is 6.04. The second-order valence-electron chi connectivity index (χ2n) is 5.34. The monoisotopic (exact) mass is 338 g/mol. The van der Waals surface area contributed by atoms with E-state index in [1.54, 1.807) is 43.8 Å². The van der Waals surface area contributed by atoms with Crippen LogP contribution in [0.3, 0.4) is 0 Å². The van der Waals surface area contributed by atoms with Gasteiger partial charge < -0.3 is 19.8 Å². The molecule has 3 aromatic rings. The molecule has 0 aliphatic rings. The van der Waals surface area contributed by atoms with Gasteiger partial charge in [-0.1, -0.05) is 6.07 Å². The Balaban J connectivity index is 1.64. The zero-order chi connectivity index (χ0) is 17.6. The van der Waals surface area contributed by atoms with Gasteiger partial charge in [-0.25, -0.2) is 9.97 Å². The van der Waals surface area contributed by atoms with E-state index in [0.29, 0.717) is 29.6 Å². The predicted octanol–water partition coefficient (Wildman–Crippen LogP) is 3.25. The molecule has 2 N–H and O–H groups in total. The summed E-state index contributed by atoms with van der Waals surface area (Å²) in [6, 6.07) is 10.6. The summed E-state index contributed by atoms with van der Waals surface area (Å²) in [5.74, 6) is 1.63. The number of nitrogens with zero attached hydrogens (tertiary/aromatic N) is 2. The fourth-order valence-corrected chi connectivity index (χ4v) is 2.21. The zero-order valence-corrected chi connectivity index (χ0v) is 13.9. The second-order valence-corrected chi connectivity index (χ2v) is 5.34. The number of methoxy groups -OCH3 is 1. The molecule has 0 saturated carbocycles. The third-order valence-corrected chi connectivity index (χ3v) is 3.44. The van der Waals surface area contributed by atoms with Crippen LogP contribution in [0, 0.1) is 6.92 Å². The van der Waals surface area contributed by atoms with Crippen LogP contribution in [0.25, 0.3) is 0 Å². The van der Waals surface area contributed by atoms with Gasteiger partial charge in [0.1, 0.15) is 5.76 Å². The maximum atomic E-state index is 12.4. The Morgan fingerprint density at radius 1 is 1.16 bits per heavy atom. The molecule has 0 bridgehead atoms. The van der Waals surface area contributed by atoms with Gasteiger partial charge in [0.2, 0.25) is 11.8 Å². The highest BCUT2D eigenvalue weighted by Gasteiger charge is 2.08. The lowest BCUT2D eigenvalue weighted by atomic mass is 10.2. The highest BCUT2D eigenvalue weighted by Crippen LogP contribution is 2.16. The number of hydrogen-bond acceptors (Lipinski definition) is 6. The standard InChI is InChI=1S/C18H18N4O3/c1-12-9-20-17(25-12)11-19-14-5-3-4-13(8-14)18(23)22-15-6-7-16(24-2)21-10-15/h3-10,19H,11H2,1-2H3,(H,22,23). The molecular weight excluding hydrogens is 320 g/mol. The van der Waals surface area contributed by atoms with Crippen LogP contribution in [0.1, 0.15) is 22.0 Å². The fourth-order valence-electron chi connectivity index (χ4n) is 2.21. The Hall–Kier alpha value is -3.35. The SMILES string of the molecule is COc1ccc(NC(=O)c2cccc(NCc3ncc(C)o3)c2)cn1. The van der Waals surface area contributed by atoms with E-state index in [4.69, 9.17) is 9.15 Å². The molecule has 0 aliphatic carbocycles. The minimum absolute atomic E-state index is 0.220. The van der Waals surface area contributed by atoms with Crippen molar-refractivity contribution in [3.8, 4) is 5.88 Å². The first-order valence-electron chi connectivity index (χ1n) is 7.70. The summed E-state index contributed by atoms with van der Waals surface area (Å²) in [7, 11) is 1.54. The molecule has 128 valence electrons. The molecule has 25 heavy (non-hydrogen) atoms. The lowest BCUT2D eigenvalue weighted by Gasteiger charge is -2.08. The topological polar surface area (TPSA) is 89.3 Å². The van der Waals surface area contributed by atoms with Crippen molar-refractivity contribution in [3.05, 3.63) is 66.0 Å². The fraction of sp³-hybridized carbons (Fsp3) is 0.167. The van der Waals surface area contributed by atoms with Gasteiger partial charge in [0.05, 0.1) is 31.7 Å². The van der Waals surface area contributed by atoms with E-state index in [-0.39, 0.29) is 5.91 Å². The van der Waals surface area contributed by atoms with Crippen molar-refractivity contribution in [2.45, 2.75) is 13.5 Å². The van der Waals surface area contributed by atoms with Crippen LogP contribution in [0.15, 0.2) is 53.2 Å². The van der Waals surface area contributed by atoms with E-state index in [1.165, 1.54) is 0 Å². The quantitative estimate of drug-likeness (QED) is 0.717. The first kappa shape index (κ1) is 16.5. The lowest BCUT2D eigenvalue weighted by molar-refractivity contribution is 0.102. The van der Waals surface area contributed by atoms with Crippen molar-refractivity contribution < 1.29 is 13.9 Å². The molecule has 0 spiro atoms. The van der Waals surface area contributed by atoms with Gasteiger partial charge in [-0.2, -0.15) is 0 Å². The van der Waals surface area contributed by atoms with Crippen molar-refractivity contribution >= 4 is 17.3 Å². The van der Waals surface area contributed by atoms with Crippen LogP contribution in [-0.2, 0) is 6.54 Å². The van der Waals surface area contributed by atoms with Crippen molar-refractivity contribution in [2.75, 3.05) is 17.7 Å². The molecule has 2 aromatic heterocycles. The third kappa shape index (κ3) is 4.35. The summed E-state index contributed by atoms with van der Waals surface area (Å²) in [6.45, 7) is 2.29.